The molecule has 0 radical (unpaired) electrons. The average molecular weight is 262 g/mol. The van der Waals surface area contributed by atoms with Gasteiger partial charge in [-0.3, -0.25) is 4.79 Å². The Hall–Kier alpha value is -1.83. The first-order valence-corrected chi connectivity index (χ1v) is 5.31. The Bertz CT molecular complexity index is 317. The number of amides is 2. The third-order valence-electron chi connectivity index (χ3n) is 2.19. The van der Waals surface area contributed by atoms with Gasteiger partial charge in [-0.15, -0.1) is 0 Å². The van der Waals surface area contributed by atoms with E-state index in [1.165, 1.54) is 7.11 Å². The number of hydrogen-bond acceptors (Lipinski definition) is 5. The Morgan fingerprint density at radius 2 is 1.89 bits per heavy atom. The number of aliphatic hydroxyl groups excluding tert-OH is 1. The third kappa shape index (κ3) is 5.00. The van der Waals surface area contributed by atoms with Gasteiger partial charge < -0.3 is 25.2 Å². The van der Waals surface area contributed by atoms with Gasteiger partial charge >= 0.3 is 18.0 Å². The van der Waals surface area contributed by atoms with Gasteiger partial charge in [-0.25, -0.2) is 9.59 Å². The van der Waals surface area contributed by atoms with E-state index in [0.717, 1.165) is 4.90 Å². The summed E-state index contributed by atoms with van der Waals surface area (Å²) >= 11 is 0. The molecule has 8 nitrogen and oxygen atoms in total. The number of carbonyl (C=O) groups excluding carboxylic acids is 2. The molecule has 0 fully saturated rings. The summed E-state index contributed by atoms with van der Waals surface area (Å²) < 4.78 is 4.43. The molecule has 0 aromatic heterocycles. The number of carboxylic acids is 1. The van der Waals surface area contributed by atoms with Gasteiger partial charge in [0.05, 0.1) is 13.7 Å². The average Bonchev–Trinajstić information content (AvgIpc) is 2.31. The molecule has 0 aliphatic carbocycles. The van der Waals surface area contributed by atoms with Crippen molar-refractivity contribution in [3.8, 4) is 0 Å². The number of urea groups is 1. The molecular formula is C10H18N2O6. The molecule has 0 aliphatic heterocycles. The van der Waals surface area contributed by atoms with Gasteiger partial charge in [-0.05, 0) is 13.8 Å². The standard InChI is InChI=1S/C10H18N2O6/c1-6(2)12(4-8(14)18-3)10(17)11-7(5-13)9(15)16/h6-7,13H,4-5H2,1-3H3,(H,11,17)(H,15,16)/t7-/m0/s1. The first kappa shape index (κ1) is 16.2. The van der Waals surface area contributed by atoms with Crippen molar-refractivity contribution in [3.05, 3.63) is 0 Å². The number of esters is 1. The number of hydrogen-bond donors (Lipinski definition) is 3. The van der Waals surface area contributed by atoms with E-state index in [9.17, 15) is 14.4 Å². The molecule has 0 aliphatic rings. The summed E-state index contributed by atoms with van der Waals surface area (Å²) in [5.74, 6) is -1.97. The maximum Gasteiger partial charge on any atom is 0.328 e. The fourth-order valence-corrected chi connectivity index (χ4v) is 1.11. The van der Waals surface area contributed by atoms with Crippen LogP contribution in [0.5, 0.6) is 0 Å². The number of nitrogens with one attached hydrogen (secondary N) is 1. The molecule has 0 saturated carbocycles. The van der Waals surface area contributed by atoms with Crippen molar-refractivity contribution < 1.29 is 29.3 Å². The monoisotopic (exact) mass is 262 g/mol. The van der Waals surface area contributed by atoms with Crippen molar-refractivity contribution in [1.82, 2.24) is 10.2 Å². The topological polar surface area (TPSA) is 116 Å². The molecule has 0 rings (SSSR count). The lowest BCUT2D eigenvalue weighted by molar-refractivity contribution is -0.141. The molecule has 0 unspecified atom stereocenters. The SMILES string of the molecule is COC(=O)CN(C(=O)N[C@@H](CO)C(=O)O)C(C)C. The maximum absolute atomic E-state index is 11.7. The van der Waals surface area contributed by atoms with Crippen LogP contribution in [0.4, 0.5) is 4.79 Å². The predicted octanol–water partition coefficient (Wildman–Crippen LogP) is -0.975. The van der Waals surface area contributed by atoms with Gasteiger partial charge in [-0.2, -0.15) is 0 Å². The highest BCUT2D eigenvalue weighted by molar-refractivity contribution is 5.85. The van der Waals surface area contributed by atoms with E-state index < -0.39 is 30.6 Å². The van der Waals surface area contributed by atoms with Crippen LogP contribution in [0.25, 0.3) is 0 Å². The summed E-state index contributed by atoms with van der Waals surface area (Å²) in [7, 11) is 1.19. The highest BCUT2D eigenvalue weighted by Crippen LogP contribution is 2.00. The molecule has 0 bridgehead atoms. The number of ether oxygens (including phenoxy) is 1. The van der Waals surface area contributed by atoms with Gasteiger partial charge in [0, 0.05) is 6.04 Å². The quantitative estimate of drug-likeness (QED) is 0.530. The minimum atomic E-state index is -1.41. The fraction of sp³-hybridized carbons (Fsp3) is 0.700. The van der Waals surface area contributed by atoms with Gasteiger partial charge in [0.1, 0.15) is 6.54 Å². The summed E-state index contributed by atoms with van der Waals surface area (Å²) in [4.78, 5) is 34.6. The van der Waals surface area contributed by atoms with Crippen molar-refractivity contribution in [3.63, 3.8) is 0 Å². The van der Waals surface area contributed by atoms with Gasteiger partial charge in [0.2, 0.25) is 0 Å². The van der Waals surface area contributed by atoms with Crippen LogP contribution >= 0.6 is 0 Å². The molecule has 0 heterocycles. The number of nitrogens with zero attached hydrogens (tertiary/aromatic N) is 1. The van der Waals surface area contributed by atoms with Crippen molar-refractivity contribution in [2.24, 2.45) is 0 Å². The van der Waals surface area contributed by atoms with Crippen LogP contribution in [-0.2, 0) is 14.3 Å². The second-order valence-electron chi connectivity index (χ2n) is 3.82. The van der Waals surface area contributed by atoms with E-state index in [0.29, 0.717) is 0 Å². The smallest absolute Gasteiger partial charge is 0.328 e. The predicted molar refractivity (Wildman–Crippen MR) is 60.9 cm³/mol. The third-order valence-corrected chi connectivity index (χ3v) is 2.19. The Morgan fingerprint density at radius 1 is 1.33 bits per heavy atom. The Labute approximate surface area is 105 Å². The van der Waals surface area contributed by atoms with E-state index in [1.807, 2.05) is 0 Å². The molecule has 0 aromatic rings. The molecule has 0 saturated heterocycles. The van der Waals surface area contributed by atoms with E-state index in [2.05, 4.69) is 10.1 Å². The summed E-state index contributed by atoms with van der Waals surface area (Å²) in [5.41, 5.74) is 0. The van der Waals surface area contributed by atoms with Gasteiger partial charge in [-0.1, -0.05) is 0 Å². The summed E-state index contributed by atoms with van der Waals surface area (Å²) in [6, 6.07) is -2.48. The number of aliphatic carboxylic acids is 1. The number of carbonyl (C=O) groups is 3. The van der Waals surface area contributed by atoms with Crippen LogP contribution < -0.4 is 5.32 Å². The second kappa shape index (κ2) is 7.49. The molecule has 8 heteroatoms. The molecule has 3 N–H and O–H groups in total. The molecule has 0 spiro atoms. The lowest BCUT2D eigenvalue weighted by Crippen LogP contribution is -2.52. The van der Waals surface area contributed by atoms with E-state index >= 15 is 0 Å². The summed E-state index contributed by atoms with van der Waals surface area (Å²) in [5, 5.41) is 19.6. The minimum Gasteiger partial charge on any atom is -0.480 e. The molecule has 104 valence electrons. The molecular weight excluding hydrogens is 244 g/mol. The van der Waals surface area contributed by atoms with Crippen LogP contribution in [0, 0.1) is 0 Å². The number of methoxy groups -OCH3 is 1. The minimum absolute atomic E-state index is 0.294. The van der Waals surface area contributed by atoms with Crippen molar-refractivity contribution in [2.75, 3.05) is 20.3 Å². The lowest BCUT2D eigenvalue weighted by atomic mass is 10.3. The highest BCUT2D eigenvalue weighted by atomic mass is 16.5. The molecule has 0 aromatic carbocycles. The van der Waals surface area contributed by atoms with Crippen LogP contribution in [0.1, 0.15) is 13.8 Å². The van der Waals surface area contributed by atoms with E-state index in [1.54, 1.807) is 13.8 Å². The summed E-state index contributed by atoms with van der Waals surface area (Å²) in [6.45, 7) is 2.30. The first-order chi connectivity index (χ1) is 8.33. The zero-order valence-corrected chi connectivity index (χ0v) is 10.5. The van der Waals surface area contributed by atoms with Crippen molar-refractivity contribution in [2.45, 2.75) is 25.9 Å². The van der Waals surface area contributed by atoms with Crippen LogP contribution in [0.2, 0.25) is 0 Å². The van der Waals surface area contributed by atoms with Crippen LogP contribution in [0.3, 0.4) is 0 Å². The Kier molecular flexibility index (Phi) is 6.73. The zero-order valence-electron chi connectivity index (χ0n) is 10.5. The molecule has 2 amide bonds. The summed E-state index contributed by atoms with van der Waals surface area (Å²) in [6.07, 6.45) is 0. The van der Waals surface area contributed by atoms with Crippen molar-refractivity contribution >= 4 is 18.0 Å². The number of aliphatic hydroxyl groups is 1. The number of carboxylic acid groups (broad SMARTS) is 1. The van der Waals surface area contributed by atoms with Crippen molar-refractivity contribution in [1.29, 1.82) is 0 Å². The maximum atomic E-state index is 11.7. The highest BCUT2D eigenvalue weighted by Gasteiger charge is 2.25. The second-order valence-corrected chi connectivity index (χ2v) is 3.82. The molecule has 18 heavy (non-hydrogen) atoms. The van der Waals surface area contributed by atoms with Gasteiger partial charge in [0.25, 0.3) is 0 Å². The van der Waals surface area contributed by atoms with E-state index in [-0.39, 0.29) is 12.6 Å². The largest absolute Gasteiger partial charge is 0.480 e. The number of rotatable bonds is 6. The Morgan fingerprint density at radius 3 is 2.22 bits per heavy atom. The van der Waals surface area contributed by atoms with E-state index in [4.69, 9.17) is 10.2 Å². The first-order valence-electron chi connectivity index (χ1n) is 5.31. The van der Waals surface area contributed by atoms with Gasteiger partial charge in [0.15, 0.2) is 6.04 Å². The normalized spacial score (nSPS) is 11.8. The van der Waals surface area contributed by atoms with Crippen LogP contribution in [-0.4, -0.2) is 65.4 Å². The fourth-order valence-electron chi connectivity index (χ4n) is 1.11. The zero-order chi connectivity index (χ0) is 14.3. The van der Waals surface area contributed by atoms with Crippen LogP contribution in [0.15, 0.2) is 0 Å². The Balaban J connectivity index is 4.66. The lowest BCUT2D eigenvalue weighted by Gasteiger charge is -2.27. The molecule has 1 atom stereocenters.